The first kappa shape index (κ1) is 24.5. The number of thioether (sulfide) groups is 1. The van der Waals surface area contributed by atoms with Gasteiger partial charge in [0.1, 0.15) is 5.78 Å². The summed E-state index contributed by atoms with van der Waals surface area (Å²) in [6, 6.07) is 0. The van der Waals surface area contributed by atoms with E-state index in [2.05, 4.69) is 40.3 Å². The van der Waals surface area contributed by atoms with Crippen LogP contribution in [-0.2, 0) is 9.59 Å². The normalized spacial score (nSPS) is 13.3. The lowest BCUT2D eigenvalue weighted by Crippen LogP contribution is -2.36. The number of hydrogen-bond donors (Lipinski definition) is 1. The van der Waals surface area contributed by atoms with Crippen molar-refractivity contribution in [3.05, 3.63) is 0 Å². The van der Waals surface area contributed by atoms with Crippen molar-refractivity contribution in [1.29, 1.82) is 0 Å². The number of hydrogen-bond acceptors (Lipinski definition) is 3. The molecule has 0 fully saturated rings. The van der Waals surface area contributed by atoms with Gasteiger partial charge in [0.25, 0.3) is 0 Å². The largest absolute Gasteiger partial charge is 0.356 e. The molecule has 25 heavy (non-hydrogen) atoms. The lowest BCUT2D eigenvalue weighted by molar-refractivity contribution is -0.867. The predicted molar refractivity (Wildman–Crippen MR) is 110 cm³/mol. The van der Waals surface area contributed by atoms with Crippen LogP contribution in [0.2, 0.25) is 0 Å². The number of nitrogens with one attached hydrogen (secondary N) is 1. The number of nitrogens with zero attached hydrogens (tertiary/aromatic N) is 1. The Kier molecular flexibility index (Phi) is 12.5. The number of quaternary nitrogens is 1. The zero-order valence-corrected chi connectivity index (χ0v) is 18.4. The van der Waals surface area contributed by atoms with Gasteiger partial charge in [-0.05, 0) is 25.2 Å². The Morgan fingerprint density at radius 2 is 1.68 bits per heavy atom. The first-order valence-electron chi connectivity index (χ1n) is 9.72. The van der Waals surface area contributed by atoms with E-state index in [1.807, 2.05) is 25.6 Å². The fourth-order valence-corrected chi connectivity index (χ4v) is 3.87. The molecule has 0 aliphatic heterocycles. The molecule has 0 radical (unpaired) electrons. The minimum Gasteiger partial charge on any atom is -0.356 e. The zero-order valence-electron chi connectivity index (χ0n) is 17.6. The average Bonchev–Trinajstić information content (AvgIpc) is 2.47. The van der Waals surface area contributed by atoms with Gasteiger partial charge in [0.15, 0.2) is 0 Å². The summed E-state index contributed by atoms with van der Waals surface area (Å²) < 4.78 is 0.925. The molecule has 5 heteroatoms. The summed E-state index contributed by atoms with van der Waals surface area (Å²) in [5, 5.41) is 3.27. The van der Waals surface area contributed by atoms with Gasteiger partial charge in [-0.1, -0.05) is 27.7 Å². The number of ketones is 1. The van der Waals surface area contributed by atoms with Crippen molar-refractivity contribution in [2.75, 3.05) is 40.0 Å². The highest BCUT2D eigenvalue weighted by Gasteiger charge is 2.19. The van der Waals surface area contributed by atoms with E-state index >= 15 is 0 Å². The zero-order chi connectivity index (χ0) is 19.5. The number of Topliss-reactive ketones (excluding diaryl/α,β-unsaturated/α-hetero) is 1. The van der Waals surface area contributed by atoms with Crippen LogP contribution in [-0.4, -0.2) is 61.4 Å². The third-order valence-corrected chi connectivity index (χ3v) is 5.45. The van der Waals surface area contributed by atoms with Crippen LogP contribution < -0.4 is 5.32 Å². The maximum Gasteiger partial charge on any atom is 0.220 e. The topological polar surface area (TPSA) is 46.2 Å². The summed E-state index contributed by atoms with van der Waals surface area (Å²) >= 11 is 1.85. The first-order chi connectivity index (χ1) is 11.5. The van der Waals surface area contributed by atoms with E-state index in [9.17, 15) is 9.59 Å². The molecule has 4 nitrogen and oxygen atoms in total. The summed E-state index contributed by atoms with van der Waals surface area (Å²) in [7, 11) is 6.54. The van der Waals surface area contributed by atoms with Crippen molar-refractivity contribution < 1.29 is 14.1 Å². The molecule has 0 bridgehead atoms. The van der Waals surface area contributed by atoms with Gasteiger partial charge in [0, 0.05) is 36.3 Å². The third kappa shape index (κ3) is 15.4. The Morgan fingerprint density at radius 1 is 1.04 bits per heavy atom. The molecule has 1 N–H and O–H groups in total. The highest BCUT2D eigenvalue weighted by atomic mass is 32.2. The number of amides is 1. The van der Waals surface area contributed by atoms with Crippen LogP contribution >= 0.6 is 11.8 Å². The molecule has 0 aromatic rings. The monoisotopic (exact) mass is 373 g/mol. The summed E-state index contributed by atoms with van der Waals surface area (Å²) in [6.45, 7) is 10.1. The Hall–Kier alpha value is -0.550. The Balaban J connectivity index is 4.27. The van der Waals surface area contributed by atoms with Crippen molar-refractivity contribution in [3.8, 4) is 0 Å². The summed E-state index contributed by atoms with van der Waals surface area (Å²) in [5.74, 6) is 2.21. The fourth-order valence-electron chi connectivity index (χ4n) is 2.32. The molecule has 0 aliphatic rings. The van der Waals surface area contributed by atoms with E-state index in [1.165, 1.54) is 0 Å². The van der Waals surface area contributed by atoms with Crippen LogP contribution in [0.25, 0.3) is 0 Å². The van der Waals surface area contributed by atoms with Crippen LogP contribution in [0.3, 0.4) is 0 Å². The Bertz CT molecular complexity index is 390. The molecular formula is C20H41N2O2S+. The fraction of sp³-hybridized carbons (Fsp3) is 0.900. The number of carbonyl (C=O) groups excluding carboxylic acids is 2. The van der Waals surface area contributed by atoms with Gasteiger partial charge in [0.05, 0.1) is 27.7 Å². The molecular weight excluding hydrogens is 332 g/mol. The van der Waals surface area contributed by atoms with Crippen molar-refractivity contribution in [1.82, 2.24) is 5.32 Å². The second-order valence-electron chi connectivity index (χ2n) is 8.76. The molecule has 0 saturated heterocycles. The summed E-state index contributed by atoms with van der Waals surface area (Å²) in [6.07, 6.45) is 4.08. The van der Waals surface area contributed by atoms with Gasteiger partial charge in [0.2, 0.25) is 5.91 Å². The van der Waals surface area contributed by atoms with E-state index in [0.717, 1.165) is 42.6 Å². The van der Waals surface area contributed by atoms with Gasteiger partial charge < -0.3 is 9.80 Å². The average molecular weight is 374 g/mol. The van der Waals surface area contributed by atoms with Crippen LogP contribution in [0, 0.1) is 11.8 Å². The Labute approximate surface area is 160 Å². The lowest BCUT2D eigenvalue weighted by Gasteiger charge is -2.25. The van der Waals surface area contributed by atoms with Crippen molar-refractivity contribution >= 4 is 23.5 Å². The molecule has 0 heterocycles. The van der Waals surface area contributed by atoms with Crippen LogP contribution in [0.1, 0.15) is 59.8 Å². The van der Waals surface area contributed by atoms with E-state index in [0.29, 0.717) is 24.5 Å². The van der Waals surface area contributed by atoms with E-state index in [-0.39, 0.29) is 17.1 Å². The molecule has 0 spiro atoms. The van der Waals surface area contributed by atoms with E-state index in [1.54, 1.807) is 0 Å². The van der Waals surface area contributed by atoms with Crippen LogP contribution in [0.4, 0.5) is 0 Å². The van der Waals surface area contributed by atoms with E-state index in [4.69, 9.17) is 0 Å². The summed E-state index contributed by atoms with van der Waals surface area (Å²) in [5.41, 5.74) is 0. The van der Waals surface area contributed by atoms with Crippen molar-refractivity contribution in [3.63, 3.8) is 0 Å². The molecule has 0 aliphatic carbocycles. The van der Waals surface area contributed by atoms with Crippen LogP contribution in [0.15, 0.2) is 0 Å². The minimum atomic E-state index is 0.0753. The maximum atomic E-state index is 12.1. The van der Waals surface area contributed by atoms with Gasteiger partial charge >= 0.3 is 0 Å². The standard InChI is InChI=1S/C20H40N2O2S/c1-16(2)9-8-12-21-20(24)11-10-18(15-19(23)17(3)4)25-14-13-22(5,6)7/h16-18H,8-15H2,1-7H3/p+1. The smallest absolute Gasteiger partial charge is 0.220 e. The SMILES string of the molecule is CC(C)CCCNC(=O)CCC(CC(=O)C(C)C)SCC[N+](C)(C)C. The minimum absolute atomic E-state index is 0.0753. The van der Waals surface area contributed by atoms with Gasteiger partial charge in [-0.25, -0.2) is 0 Å². The Morgan fingerprint density at radius 3 is 2.20 bits per heavy atom. The molecule has 1 atom stereocenters. The highest BCUT2D eigenvalue weighted by molar-refractivity contribution is 7.99. The van der Waals surface area contributed by atoms with Gasteiger partial charge in [-0.15, -0.1) is 0 Å². The lowest BCUT2D eigenvalue weighted by atomic mass is 10.0. The van der Waals surface area contributed by atoms with Crippen molar-refractivity contribution in [2.45, 2.75) is 65.0 Å². The number of rotatable bonds is 14. The molecule has 0 aromatic heterocycles. The predicted octanol–water partition coefficient (Wildman–Crippen LogP) is 3.74. The summed E-state index contributed by atoms with van der Waals surface area (Å²) in [4.78, 5) is 24.2. The molecule has 148 valence electrons. The maximum absolute atomic E-state index is 12.1. The third-order valence-electron chi connectivity index (χ3n) is 4.16. The van der Waals surface area contributed by atoms with Gasteiger partial charge in [-0.2, -0.15) is 11.8 Å². The van der Waals surface area contributed by atoms with E-state index < -0.39 is 0 Å². The quantitative estimate of drug-likeness (QED) is 0.373. The second-order valence-corrected chi connectivity index (χ2v) is 10.2. The molecule has 1 unspecified atom stereocenters. The number of carbonyl (C=O) groups is 2. The molecule has 0 aromatic carbocycles. The molecule has 1 amide bonds. The van der Waals surface area contributed by atoms with Crippen molar-refractivity contribution in [2.24, 2.45) is 11.8 Å². The first-order valence-corrected chi connectivity index (χ1v) is 10.8. The molecule has 0 saturated carbocycles. The second kappa shape index (κ2) is 12.7. The van der Waals surface area contributed by atoms with Crippen LogP contribution in [0.5, 0.6) is 0 Å². The highest BCUT2D eigenvalue weighted by Crippen LogP contribution is 2.22. The molecule has 0 rings (SSSR count). The van der Waals surface area contributed by atoms with Gasteiger partial charge in [-0.3, -0.25) is 9.59 Å².